The minimum Gasteiger partial charge on any atom is -0.469 e. The van der Waals surface area contributed by atoms with Crippen molar-refractivity contribution in [1.29, 1.82) is 0 Å². The molecule has 5 unspecified atom stereocenters. The van der Waals surface area contributed by atoms with E-state index in [1.807, 2.05) is 0 Å². The van der Waals surface area contributed by atoms with Gasteiger partial charge in [0.15, 0.2) is 0 Å². The molecule has 0 radical (unpaired) electrons. The van der Waals surface area contributed by atoms with Crippen LogP contribution in [-0.4, -0.2) is 24.3 Å². The summed E-state index contributed by atoms with van der Waals surface area (Å²) in [6, 6.07) is 0. The molecule has 16 heavy (non-hydrogen) atoms. The van der Waals surface area contributed by atoms with E-state index >= 15 is 0 Å². The second kappa shape index (κ2) is 4.74. The van der Waals surface area contributed by atoms with Gasteiger partial charge in [-0.2, -0.15) is 0 Å². The molecule has 5 atom stereocenters. The van der Waals surface area contributed by atoms with Gasteiger partial charge in [-0.25, -0.2) is 0 Å². The second-order valence-corrected chi connectivity index (χ2v) is 5.56. The molecule has 0 amide bonds. The van der Waals surface area contributed by atoms with Gasteiger partial charge in [-0.15, -0.1) is 0 Å². The highest BCUT2D eigenvalue weighted by Crippen LogP contribution is 2.48. The van der Waals surface area contributed by atoms with Crippen LogP contribution in [0, 0.1) is 23.7 Å². The van der Waals surface area contributed by atoms with E-state index in [-0.39, 0.29) is 12.1 Å². The molecule has 1 N–H and O–H groups in total. The van der Waals surface area contributed by atoms with Crippen LogP contribution in [0.1, 0.15) is 39.0 Å². The van der Waals surface area contributed by atoms with Crippen molar-refractivity contribution < 1.29 is 14.6 Å². The maximum absolute atomic E-state index is 11.3. The van der Waals surface area contributed by atoms with Gasteiger partial charge in [0.05, 0.1) is 13.2 Å². The topological polar surface area (TPSA) is 46.5 Å². The third-order valence-corrected chi connectivity index (χ3v) is 4.44. The predicted molar refractivity (Wildman–Crippen MR) is 60.7 cm³/mol. The molecule has 0 spiro atoms. The number of esters is 1. The van der Waals surface area contributed by atoms with Gasteiger partial charge in [-0.05, 0) is 49.4 Å². The van der Waals surface area contributed by atoms with Crippen molar-refractivity contribution >= 4 is 5.97 Å². The number of ether oxygens (including phenoxy) is 1. The van der Waals surface area contributed by atoms with Crippen LogP contribution in [0.5, 0.6) is 0 Å². The molecular formula is C13H22O3. The van der Waals surface area contributed by atoms with Crippen LogP contribution >= 0.6 is 0 Å². The van der Waals surface area contributed by atoms with E-state index in [2.05, 4.69) is 6.92 Å². The Labute approximate surface area is 97.2 Å². The molecule has 2 aliphatic carbocycles. The van der Waals surface area contributed by atoms with E-state index in [4.69, 9.17) is 4.74 Å². The number of carbonyl (C=O) groups excluding carboxylic acids is 1. The Morgan fingerprint density at radius 3 is 2.62 bits per heavy atom. The van der Waals surface area contributed by atoms with Gasteiger partial charge in [0.1, 0.15) is 0 Å². The SMILES string of the molecule is COC(=O)CC1CCC(O)C1CC1CC1C. The molecular weight excluding hydrogens is 204 g/mol. The summed E-state index contributed by atoms with van der Waals surface area (Å²) in [7, 11) is 1.44. The first-order valence-electron chi connectivity index (χ1n) is 6.36. The molecule has 0 aromatic heterocycles. The molecule has 3 heteroatoms. The summed E-state index contributed by atoms with van der Waals surface area (Å²) in [4.78, 5) is 11.3. The normalized spacial score (nSPS) is 42.1. The Morgan fingerprint density at radius 2 is 2.06 bits per heavy atom. The number of carbonyl (C=O) groups is 1. The first-order chi connectivity index (χ1) is 7.61. The Hall–Kier alpha value is -0.570. The van der Waals surface area contributed by atoms with E-state index in [0.29, 0.717) is 18.3 Å². The molecule has 2 aliphatic rings. The van der Waals surface area contributed by atoms with Crippen LogP contribution in [0.4, 0.5) is 0 Å². The number of rotatable bonds is 4. The molecule has 2 rings (SSSR count). The van der Waals surface area contributed by atoms with Crippen LogP contribution in [0.25, 0.3) is 0 Å². The van der Waals surface area contributed by atoms with Crippen LogP contribution in [-0.2, 0) is 9.53 Å². The molecule has 0 aromatic rings. The third-order valence-electron chi connectivity index (χ3n) is 4.44. The highest BCUT2D eigenvalue weighted by atomic mass is 16.5. The average molecular weight is 226 g/mol. The molecule has 92 valence electrons. The predicted octanol–water partition coefficient (Wildman–Crippen LogP) is 1.98. The standard InChI is InChI=1S/C13H22O3/c1-8-5-10(8)6-11-9(3-4-12(11)14)7-13(15)16-2/h8-12,14H,3-7H2,1-2H3. The zero-order chi connectivity index (χ0) is 11.7. The van der Waals surface area contributed by atoms with Crippen molar-refractivity contribution in [2.75, 3.05) is 7.11 Å². The monoisotopic (exact) mass is 226 g/mol. The number of aliphatic hydroxyl groups is 1. The van der Waals surface area contributed by atoms with E-state index in [9.17, 15) is 9.90 Å². The maximum Gasteiger partial charge on any atom is 0.305 e. The number of hydrogen-bond acceptors (Lipinski definition) is 3. The smallest absolute Gasteiger partial charge is 0.305 e. The molecule has 3 nitrogen and oxygen atoms in total. The van der Waals surface area contributed by atoms with Gasteiger partial charge in [-0.1, -0.05) is 6.92 Å². The summed E-state index contributed by atoms with van der Waals surface area (Å²) >= 11 is 0. The van der Waals surface area contributed by atoms with Crippen molar-refractivity contribution in [3.05, 3.63) is 0 Å². The highest BCUT2D eigenvalue weighted by molar-refractivity contribution is 5.69. The summed E-state index contributed by atoms with van der Waals surface area (Å²) in [6.45, 7) is 2.27. The molecule has 0 saturated heterocycles. The second-order valence-electron chi connectivity index (χ2n) is 5.56. The van der Waals surface area contributed by atoms with Gasteiger partial charge in [-0.3, -0.25) is 4.79 Å². The van der Waals surface area contributed by atoms with Gasteiger partial charge >= 0.3 is 5.97 Å². The molecule has 0 aromatic carbocycles. The average Bonchev–Trinajstić information content (AvgIpc) is 2.86. The van der Waals surface area contributed by atoms with E-state index < -0.39 is 0 Å². The Bertz CT molecular complexity index is 264. The summed E-state index contributed by atoms with van der Waals surface area (Å²) in [5.74, 6) is 2.15. The fraction of sp³-hybridized carbons (Fsp3) is 0.923. The van der Waals surface area contributed by atoms with E-state index in [1.165, 1.54) is 13.5 Å². The molecule has 0 heterocycles. The number of methoxy groups -OCH3 is 1. The quantitative estimate of drug-likeness (QED) is 0.746. The van der Waals surface area contributed by atoms with Crippen LogP contribution in [0.15, 0.2) is 0 Å². The van der Waals surface area contributed by atoms with Gasteiger partial charge in [0, 0.05) is 6.42 Å². The summed E-state index contributed by atoms with van der Waals surface area (Å²) in [5, 5.41) is 9.96. The molecule has 0 bridgehead atoms. The van der Waals surface area contributed by atoms with Crippen LogP contribution < -0.4 is 0 Å². The van der Waals surface area contributed by atoms with Gasteiger partial charge in [0.25, 0.3) is 0 Å². The molecule has 2 fully saturated rings. The lowest BCUT2D eigenvalue weighted by molar-refractivity contribution is -0.142. The van der Waals surface area contributed by atoms with E-state index in [0.717, 1.165) is 31.1 Å². The zero-order valence-corrected chi connectivity index (χ0v) is 10.2. The Morgan fingerprint density at radius 1 is 1.38 bits per heavy atom. The van der Waals surface area contributed by atoms with Crippen molar-refractivity contribution in [3.8, 4) is 0 Å². The Balaban J connectivity index is 1.87. The van der Waals surface area contributed by atoms with Crippen molar-refractivity contribution in [2.24, 2.45) is 23.7 Å². The van der Waals surface area contributed by atoms with Crippen LogP contribution in [0.3, 0.4) is 0 Å². The van der Waals surface area contributed by atoms with Crippen molar-refractivity contribution in [2.45, 2.75) is 45.1 Å². The van der Waals surface area contributed by atoms with Crippen LogP contribution in [0.2, 0.25) is 0 Å². The fourth-order valence-electron chi connectivity index (χ4n) is 3.10. The maximum atomic E-state index is 11.3. The first-order valence-corrected chi connectivity index (χ1v) is 6.36. The zero-order valence-electron chi connectivity index (χ0n) is 10.2. The summed E-state index contributed by atoms with van der Waals surface area (Å²) < 4.78 is 4.72. The number of hydrogen-bond donors (Lipinski definition) is 1. The molecule has 0 aliphatic heterocycles. The highest BCUT2D eigenvalue weighted by Gasteiger charge is 2.42. The minimum absolute atomic E-state index is 0.132. The largest absolute Gasteiger partial charge is 0.469 e. The van der Waals surface area contributed by atoms with Gasteiger partial charge < -0.3 is 9.84 Å². The number of aliphatic hydroxyl groups excluding tert-OH is 1. The third kappa shape index (κ3) is 2.57. The lowest BCUT2D eigenvalue weighted by Crippen LogP contribution is -2.22. The van der Waals surface area contributed by atoms with Gasteiger partial charge in [0.2, 0.25) is 0 Å². The van der Waals surface area contributed by atoms with Crippen molar-refractivity contribution in [3.63, 3.8) is 0 Å². The fourth-order valence-corrected chi connectivity index (χ4v) is 3.10. The Kier molecular flexibility index (Phi) is 3.53. The lowest BCUT2D eigenvalue weighted by Gasteiger charge is -2.21. The van der Waals surface area contributed by atoms with E-state index in [1.54, 1.807) is 0 Å². The summed E-state index contributed by atoms with van der Waals surface area (Å²) in [6.07, 6.45) is 4.52. The lowest BCUT2D eigenvalue weighted by atomic mass is 9.87. The molecule has 2 saturated carbocycles. The van der Waals surface area contributed by atoms with Crippen molar-refractivity contribution in [1.82, 2.24) is 0 Å². The summed E-state index contributed by atoms with van der Waals surface area (Å²) in [5.41, 5.74) is 0. The first kappa shape index (κ1) is 11.9. The minimum atomic E-state index is -0.192.